The SMILES string of the molecule is CC1(C)c2ccccc2-c2ccc(N(c3ccc(-c4ccccc4)cc3)c3cc4ccc3CCc3ccc(c(N(c5ccccc5)c5ccc(C67CC8CC(CC(C8)C6)C7)cc5)c3)CC4)cc21. The van der Waals surface area contributed by atoms with Crippen LogP contribution in [-0.4, -0.2) is 0 Å². The summed E-state index contributed by atoms with van der Waals surface area (Å²) < 4.78 is 0. The zero-order chi connectivity index (χ0) is 44.7. The molecule has 0 aliphatic heterocycles. The first-order valence-corrected chi connectivity index (χ1v) is 25.2. The Bertz CT molecular complexity index is 3090. The molecule has 9 aliphatic rings. The predicted octanol–water partition coefficient (Wildman–Crippen LogP) is 17.0. The summed E-state index contributed by atoms with van der Waals surface area (Å²) in [7, 11) is 0. The highest BCUT2D eigenvalue weighted by molar-refractivity contribution is 5.87. The van der Waals surface area contributed by atoms with E-state index in [9.17, 15) is 0 Å². The molecule has 8 aromatic rings. The van der Waals surface area contributed by atoms with E-state index in [1.807, 2.05) is 0 Å². The fourth-order valence-electron chi connectivity index (χ4n) is 14.1. The molecule has 0 heterocycles. The molecule has 0 spiro atoms. The van der Waals surface area contributed by atoms with Gasteiger partial charge in [-0.2, -0.15) is 0 Å². The van der Waals surface area contributed by atoms with Gasteiger partial charge in [-0.3, -0.25) is 0 Å². The first-order valence-electron chi connectivity index (χ1n) is 25.2. The van der Waals surface area contributed by atoms with Crippen LogP contribution in [0.25, 0.3) is 22.3 Å². The number of rotatable bonds is 8. The molecule has 0 N–H and O–H groups in total. The number of nitrogens with zero attached hydrogens (tertiary/aromatic N) is 2. The number of aryl methyl sites for hydroxylation is 4. The molecule has 8 bridgehead atoms. The normalized spacial score (nSPS) is 21.6. The van der Waals surface area contributed by atoms with Crippen molar-refractivity contribution in [3.8, 4) is 22.3 Å². The summed E-state index contributed by atoms with van der Waals surface area (Å²) in [4.78, 5) is 5.10. The Hall–Kier alpha value is -6.64. The molecule has 0 radical (unpaired) electrons. The van der Waals surface area contributed by atoms with Gasteiger partial charge in [-0.15, -0.1) is 0 Å². The third-order valence-corrected chi connectivity index (χ3v) is 17.0. The van der Waals surface area contributed by atoms with Crippen LogP contribution in [0.15, 0.2) is 188 Å². The molecule has 0 aromatic heterocycles. The average molecular weight is 869 g/mol. The van der Waals surface area contributed by atoms with Gasteiger partial charge in [-0.05, 0) is 209 Å². The molecule has 67 heavy (non-hydrogen) atoms. The molecule has 8 aromatic carbocycles. The van der Waals surface area contributed by atoms with Gasteiger partial charge in [-0.25, -0.2) is 0 Å². The molecule has 0 amide bonds. The maximum atomic E-state index is 2.55. The summed E-state index contributed by atoms with van der Waals surface area (Å²) >= 11 is 0. The Morgan fingerprint density at radius 1 is 0.388 bits per heavy atom. The van der Waals surface area contributed by atoms with Crippen LogP contribution in [-0.2, 0) is 36.5 Å². The van der Waals surface area contributed by atoms with Gasteiger partial charge in [0.2, 0.25) is 0 Å². The van der Waals surface area contributed by atoms with Gasteiger partial charge in [0.05, 0.1) is 0 Å². The smallest absolute Gasteiger partial charge is 0.0496 e. The zero-order valence-electron chi connectivity index (χ0n) is 39.1. The van der Waals surface area contributed by atoms with Crippen molar-refractivity contribution < 1.29 is 0 Å². The van der Waals surface area contributed by atoms with Crippen molar-refractivity contribution in [1.29, 1.82) is 0 Å². The van der Waals surface area contributed by atoms with E-state index in [0.717, 1.165) is 43.4 Å². The van der Waals surface area contributed by atoms with Crippen molar-refractivity contribution in [3.05, 3.63) is 227 Å². The van der Waals surface area contributed by atoms with E-state index in [1.165, 1.54) is 128 Å². The highest BCUT2D eigenvalue weighted by atomic mass is 15.2. The maximum Gasteiger partial charge on any atom is 0.0496 e. The lowest BCUT2D eigenvalue weighted by atomic mass is 9.48. The van der Waals surface area contributed by atoms with E-state index in [0.29, 0.717) is 5.41 Å². The van der Waals surface area contributed by atoms with E-state index in [-0.39, 0.29) is 5.41 Å². The van der Waals surface area contributed by atoms with E-state index >= 15 is 0 Å². The van der Waals surface area contributed by atoms with E-state index in [1.54, 1.807) is 5.56 Å². The number of anilines is 6. The van der Waals surface area contributed by atoms with Crippen LogP contribution in [0.4, 0.5) is 34.1 Å². The minimum Gasteiger partial charge on any atom is -0.310 e. The second-order valence-corrected chi connectivity index (χ2v) is 21.5. The highest BCUT2D eigenvalue weighted by Gasteiger charge is 2.51. The van der Waals surface area contributed by atoms with E-state index in [2.05, 4.69) is 212 Å². The number of hydrogen-bond donors (Lipinski definition) is 0. The Labute approximate surface area is 398 Å². The Morgan fingerprint density at radius 2 is 0.866 bits per heavy atom. The molecule has 0 unspecified atom stereocenters. The van der Waals surface area contributed by atoms with Crippen LogP contribution in [0.1, 0.15) is 91.3 Å². The predicted molar refractivity (Wildman–Crippen MR) is 280 cm³/mol. The van der Waals surface area contributed by atoms with Crippen LogP contribution >= 0.6 is 0 Å². The van der Waals surface area contributed by atoms with Crippen LogP contribution < -0.4 is 9.80 Å². The van der Waals surface area contributed by atoms with Gasteiger partial charge >= 0.3 is 0 Å². The fourth-order valence-corrected chi connectivity index (χ4v) is 14.1. The van der Waals surface area contributed by atoms with E-state index in [4.69, 9.17) is 0 Å². The second-order valence-electron chi connectivity index (χ2n) is 21.5. The number of fused-ring (bicyclic) bond motifs is 3. The van der Waals surface area contributed by atoms with Gasteiger partial charge in [0.1, 0.15) is 0 Å². The lowest BCUT2D eigenvalue weighted by molar-refractivity contribution is -0.00518. The highest BCUT2D eigenvalue weighted by Crippen LogP contribution is 2.61. The molecule has 4 saturated carbocycles. The first-order chi connectivity index (χ1) is 32.8. The molecule has 17 rings (SSSR count). The van der Waals surface area contributed by atoms with Gasteiger partial charge in [0.15, 0.2) is 0 Å². The van der Waals surface area contributed by atoms with Crippen LogP contribution in [0, 0.1) is 17.8 Å². The number of para-hydroxylation sites is 1. The van der Waals surface area contributed by atoms with Crippen molar-refractivity contribution >= 4 is 34.1 Å². The summed E-state index contributed by atoms with van der Waals surface area (Å²) in [6.07, 6.45) is 12.4. The van der Waals surface area contributed by atoms with Gasteiger partial charge < -0.3 is 9.80 Å². The number of hydrogen-bond acceptors (Lipinski definition) is 2. The van der Waals surface area contributed by atoms with Crippen molar-refractivity contribution in [2.45, 2.75) is 88.9 Å². The summed E-state index contributed by atoms with van der Waals surface area (Å²) in [5, 5.41) is 0. The topological polar surface area (TPSA) is 6.48 Å². The zero-order valence-corrected chi connectivity index (χ0v) is 39.1. The van der Waals surface area contributed by atoms with E-state index < -0.39 is 0 Å². The standard InChI is InChI=1S/C65H60N2/c1-64(2)60-16-10-9-15-58(60)59-34-33-57(40-61(59)64)67(55-29-25-50(26-30-55)49-11-5-3-6-12-49)63-39-45-18-22-51-21-17-44(19-23-52(63)24-20-45)38-62(51)66(54-13-7-4-8-14-54)56-31-27-53(28-32-56)65-41-46-35-47(42-65)37-48(36-46)43-65/h3-17,20-21,24-34,38-40,46-48H,18-19,22-23,35-37,41-43H2,1-2H3. The molecule has 330 valence electrons. The minimum atomic E-state index is -0.0972. The van der Waals surface area contributed by atoms with Crippen molar-refractivity contribution in [1.82, 2.24) is 0 Å². The Kier molecular flexibility index (Phi) is 9.71. The van der Waals surface area contributed by atoms with Crippen LogP contribution in [0.3, 0.4) is 0 Å². The third-order valence-electron chi connectivity index (χ3n) is 17.0. The summed E-state index contributed by atoms with van der Waals surface area (Å²) in [5.74, 6) is 2.82. The molecule has 2 heteroatoms. The Morgan fingerprint density at radius 3 is 1.48 bits per heavy atom. The third kappa shape index (κ3) is 7.06. The lowest BCUT2D eigenvalue weighted by Crippen LogP contribution is -2.48. The van der Waals surface area contributed by atoms with Gasteiger partial charge in [-0.1, -0.05) is 141 Å². The second kappa shape index (κ2) is 16.0. The molecule has 4 fully saturated rings. The molecule has 2 nitrogen and oxygen atoms in total. The average Bonchev–Trinajstić information content (AvgIpc) is 3.58. The van der Waals surface area contributed by atoms with Crippen molar-refractivity contribution in [2.24, 2.45) is 17.8 Å². The van der Waals surface area contributed by atoms with Crippen LogP contribution in [0.5, 0.6) is 0 Å². The summed E-state index contributed by atoms with van der Waals surface area (Å²) in [6.45, 7) is 4.78. The monoisotopic (exact) mass is 868 g/mol. The molecular formula is C65H60N2. The van der Waals surface area contributed by atoms with Crippen molar-refractivity contribution in [3.63, 3.8) is 0 Å². The molecule has 9 aliphatic carbocycles. The van der Waals surface area contributed by atoms with Gasteiger partial charge in [0.25, 0.3) is 0 Å². The van der Waals surface area contributed by atoms with Crippen LogP contribution in [0.2, 0.25) is 0 Å². The summed E-state index contributed by atoms with van der Waals surface area (Å²) in [6, 6.07) is 72.0. The number of benzene rings is 8. The van der Waals surface area contributed by atoms with Crippen molar-refractivity contribution in [2.75, 3.05) is 9.80 Å². The largest absolute Gasteiger partial charge is 0.310 e. The molecular weight excluding hydrogens is 809 g/mol. The quantitative estimate of drug-likeness (QED) is 0.150. The molecule has 0 saturated heterocycles. The minimum absolute atomic E-state index is 0.0972. The van der Waals surface area contributed by atoms with Gasteiger partial charge in [0, 0.05) is 39.5 Å². The maximum absolute atomic E-state index is 2.55. The summed E-state index contributed by atoms with van der Waals surface area (Å²) in [5.41, 5.74) is 22.8. The molecule has 0 atom stereocenters. The lowest BCUT2D eigenvalue weighted by Gasteiger charge is -2.57. The fraction of sp³-hybridized carbons (Fsp3) is 0.262. The first kappa shape index (κ1) is 40.6. The Balaban J connectivity index is 0.875.